The van der Waals surface area contributed by atoms with Gasteiger partial charge in [-0.05, 0) is 48.0 Å². The number of hydrogen-bond donors (Lipinski definition) is 0. The van der Waals surface area contributed by atoms with Crippen molar-refractivity contribution in [3.8, 4) is 0 Å². The minimum Gasteiger partial charge on any atom is -0.461 e. The van der Waals surface area contributed by atoms with E-state index < -0.39 is 0 Å². The van der Waals surface area contributed by atoms with E-state index in [0.29, 0.717) is 21.4 Å². The van der Waals surface area contributed by atoms with E-state index in [2.05, 4.69) is 0 Å². The molecular formula is C13H8Cl2O2. The van der Waals surface area contributed by atoms with Crippen LogP contribution in [0.4, 0.5) is 0 Å². The molecular weight excluding hydrogens is 259 g/mol. The van der Waals surface area contributed by atoms with Gasteiger partial charge in [-0.25, -0.2) is 0 Å². The number of ketones is 1. The quantitative estimate of drug-likeness (QED) is 0.606. The molecule has 4 heteroatoms. The smallest absolute Gasteiger partial charge is 0.221 e. The van der Waals surface area contributed by atoms with Crippen LogP contribution in [0.25, 0.3) is 6.08 Å². The lowest BCUT2D eigenvalue weighted by atomic mass is 10.2. The third-order valence-electron chi connectivity index (χ3n) is 2.14. The molecule has 0 aliphatic heterocycles. The molecule has 0 aliphatic rings. The Morgan fingerprint density at radius 1 is 1.24 bits per heavy atom. The summed E-state index contributed by atoms with van der Waals surface area (Å²) < 4.78 is 4.98. The summed E-state index contributed by atoms with van der Waals surface area (Å²) >= 11 is 11.8. The molecule has 0 saturated heterocycles. The second kappa shape index (κ2) is 5.21. The molecule has 0 fully saturated rings. The molecule has 0 saturated carbocycles. The van der Waals surface area contributed by atoms with Gasteiger partial charge in [0.05, 0.1) is 6.26 Å². The topological polar surface area (TPSA) is 30.2 Å². The molecule has 0 aliphatic carbocycles. The number of benzene rings is 1. The van der Waals surface area contributed by atoms with Gasteiger partial charge in [0.1, 0.15) is 0 Å². The first-order valence-corrected chi connectivity index (χ1v) is 5.63. The van der Waals surface area contributed by atoms with Gasteiger partial charge < -0.3 is 4.42 Å². The Bertz CT molecular complexity index is 557. The standard InChI is InChI=1S/C13H8Cl2O2/c14-10-4-5-11(15)9(8-10)3-6-12(16)13-2-1-7-17-13/h1-8H. The third-order valence-corrected chi connectivity index (χ3v) is 2.72. The number of carbonyl (C=O) groups excluding carboxylic acids is 1. The van der Waals surface area contributed by atoms with Crippen LogP contribution in [0, 0.1) is 0 Å². The minimum atomic E-state index is -0.217. The molecule has 0 unspecified atom stereocenters. The maximum Gasteiger partial charge on any atom is 0.221 e. The Morgan fingerprint density at radius 2 is 2.06 bits per heavy atom. The van der Waals surface area contributed by atoms with Gasteiger partial charge in [0, 0.05) is 10.0 Å². The van der Waals surface area contributed by atoms with E-state index in [0.717, 1.165) is 0 Å². The molecule has 0 atom stereocenters. The second-order valence-corrected chi connectivity index (χ2v) is 4.18. The maximum atomic E-state index is 11.6. The number of carbonyl (C=O) groups is 1. The molecule has 1 aromatic carbocycles. The molecule has 0 bridgehead atoms. The highest BCUT2D eigenvalue weighted by Crippen LogP contribution is 2.22. The van der Waals surface area contributed by atoms with Crippen LogP contribution in [0.15, 0.2) is 47.1 Å². The van der Waals surface area contributed by atoms with E-state index in [4.69, 9.17) is 27.6 Å². The first-order valence-electron chi connectivity index (χ1n) is 4.88. The van der Waals surface area contributed by atoms with E-state index in [1.165, 1.54) is 12.3 Å². The van der Waals surface area contributed by atoms with Crippen molar-refractivity contribution in [2.45, 2.75) is 0 Å². The summed E-state index contributed by atoms with van der Waals surface area (Å²) in [6.07, 6.45) is 4.46. The van der Waals surface area contributed by atoms with Gasteiger partial charge in [0.15, 0.2) is 5.76 Å². The Morgan fingerprint density at radius 3 is 2.76 bits per heavy atom. The normalized spacial score (nSPS) is 10.9. The summed E-state index contributed by atoms with van der Waals surface area (Å²) in [4.78, 5) is 11.6. The van der Waals surface area contributed by atoms with Gasteiger partial charge in [0.25, 0.3) is 0 Å². The fourth-order valence-corrected chi connectivity index (χ4v) is 1.67. The predicted molar refractivity (Wildman–Crippen MR) is 68.5 cm³/mol. The first kappa shape index (κ1) is 12.0. The molecule has 2 nitrogen and oxygen atoms in total. The fourth-order valence-electron chi connectivity index (χ4n) is 1.31. The lowest BCUT2D eigenvalue weighted by Crippen LogP contribution is -1.90. The SMILES string of the molecule is O=C(C=Cc1cc(Cl)ccc1Cl)c1ccco1. The number of furan rings is 1. The van der Waals surface area contributed by atoms with Crippen LogP contribution < -0.4 is 0 Å². The van der Waals surface area contributed by atoms with Crippen molar-refractivity contribution >= 4 is 35.1 Å². The molecule has 0 spiro atoms. The number of allylic oxidation sites excluding steroid dienone is 1. The van der Waals surface area contributed by atoms with Gasteiger partial charge in [0.2, 0.25) is 5.78 Å². The Kier molecular flexibility index (Phi) is 3.67. The molecule has 0 N–H and O–H groups in total. The molecule has 2 rings (SSSR count). The van der Waals surface area contributed by atoms with E-state index in [1.54, 1.807) is 36.4 Å². The zero-order valence-corrected chi connectivity index (χ0v) is 10.2. The summed E-state index contributed by atoms with van der Waals surface area (Å²) in [7, 11) is 0. The predicted octanol–water partition coefficient (Wildman–Crippen LogP) is 4.48. The minimum absolute atomic E-state index is 0.217. The van der Waals surface area contributed by atoms with Crippen LogP contribution >= 0.6 is 23.2 Å². The highest BCUT2D eigenvalue weighted by atomic mass is 35.5. The van der Waals surface area contributed by atoms with Crippen molar-refractivity contribution in [2.24, 2.45) is 0 Å². The molecule has 17 heavy (non-hydrogen) atoms. The summed E-state index contributed by atoms with van der Waals surface area (Å²) in [5, 5.41) is 1.11. The summed E-state index contributed by atoms with van der Waals surface area (Å²) in [5.41, 5.74) is 0.694. The van der Waals surface area contributed by atoms with Crippen LogP contribution in [0.3, 0.4) is 0 Å². The zero-order chi connectivity index (χ0) is 12.3. The van der Waals surface area contributed by atoms with Gasteiger partial charge in [-0.3, -0.25) is 4.79 Å². The molecule has 1 aromatic heterocycles. The lowest BCUT2D eigenvalue weighted by molar-refractivity contribution is 0.102. The summed E-state index contributed by atoms with van der Waals surface area (Å²) in [6, 6.07) is 8.33. The molecule has 86 valence electrons. The Hall–Kier alpha value is -1.51. The highest BCUT2D eigenvalue weighted by molar-refractivity contribution is 6.34. The van der Waals surface area contributed by atoms with E-state index in [-0.39, 0.29) is 5.78 Å². The molecule has 1 heterocycles. The average Bonchev–Trinajstić information content (AvgIpc) is 2.83. The van der Waals surface area contributed by atoms with Gasteiger partial charge >= 0.3 is 0 Å². The third kappa shape index (κ3) is 2.99. The van der Waals surface area contributed by atoms with Gasteiger partial charge in [-0.2, -0.15) is 0 Å². The van der Waals surface area contributed by atoms with Crippen molar-refractivity contribution in [2.75, 3.05) is 0 Å². The van der Waals surface area contributed by atoms with Crippen LogP contribution in [0.5, 0.6) is 0 Å². The zero-order valence-electron chi connectivity index (χ0n) is 8.69. The van der Waals surface area contributed by atoms with Crippen molar-refractivity contribution in [1.82, 2.24) is 0 Å². The fraction of sp³-hybridized carbons (Fsp3) is 0. The number of halogens is 2. The van der Waals surface area contributed by atoms with E-state index in [1.807, 2.05) is 0 Å². The van der Waals surface area contributed by atoms with Crippen molar-refractivity contribution in [3.63, 3.8) is 0 Å². The largest absolute Gasteiger partial charge is 0.461 e. The van der Waals surface area contributed by atoms with Crippen LogP contribution in [0.1, 0.15) is 16.1 Å². The average molecular weight is 267 g/mol. The first-order chi connectivity index (χ1) is 8.16. The highest BCUT2D eigenvalue weighted by Gasteiger charge is 2.04. The Balaban J connectivity index is 2.21. The molecule has 0 amide bonds. The van der Waals surface area contributed by atoms with Crippen molar-refractivity contribution in [1.29, 1.82) is 0 Å². The van der Waals surface area contributed by atoms with Crippen LogP contribution in [0.2, 0.25) is 10.0 Å². The van der Waals surface area contributed by atoms with E-state index >= 15 is 0 Å². The maximum absolute atomic E-state index is 11.6. The molecule has 0 radical (unpaired) electrons. The second-order valence-electron chi connectivity index (χ2n) is 3.34. The van der Waals surface area contributed by atoms with Gasteiger partial charge in [-0.15, -0.1) is 0 Å². The van der Waals surface area contributed by atoms with E-state index in [9.17, 15) is 4.79 Å². The van der Waals surface area contributed by atoms with Crippen LogP contribution in [-0.4, -0.2) is 5.78 Å². The van der Waals surface area contributed by atoms with Gasteiger partial charge in [-0.1, -0.05) is 23.2 Å². The summed E-state index contributed by atoms with van der Waals surface area (Å²) in [5.74, 6) is 0.0745. The Labute approximate surface area is 108 Å². The monoisotopic (exact) mass is 266 g/mol. The summed E-state index contributed by atoms with van der Waals surface area (Å²) in [6.45, 7) is 0. The molecule has 2 aromatic rings. The van der Waals surface area contributed by atoms with Crippen LogP contribution in [-0.2, 0) is 0 Å². The van der Waals surface area contributed by atoms with Crippen molar-refractivity contribution < 1.29 is 9.21 Å². The number of hydrogen-bond acceptors (Lipinski definition) is 2. The number of rotatable bonds is 3. The lowest BCUT2D eigenvalue weighted by Gasteiger charge is -1.98. The van der Waals surface area contributed by atoms with Crippen molar-refractivity contribution in [3.05, 3.63) is 64.0 Å².